The molecule has 1 fully saturated rings. The Bertz CT molecular complexity index is 2420. The molecule has 2 unspecified atom stereocenters. The van der Waals surface area contributed by atoms with Gasteiger partial charge < -0.3 is 48.3 Å². The molecule has 0 spiro atoms. The normalized spacial score (nSPS) is 17.7. The van der Waals surface area contributed by atoms with Gasteiger partial charge >= 0.3 is 11.9 Å². The molecule has 0 aliphatic carbocycles. The van der Waals surface area contributed by atoms with Crippen molar-refractivity contribution < 1.29 is 57.4 Å². The summed E-state index contributed by atoms with van der Waals surface area (Å²) in [5.74, 6) is 0.0385. The Kier molecular flexibility index (Phi) is 14.9. The number of nitrogens with zero attached hydrogens (tertiary/aromatic N) is 4. The van der Waals surface area contributed by atoms with E-state index in [4.69, 9.17) is 37.9 Å². The maximum Gasteiger partial charge on any atom is 0.303 e. The number of anilines is 1. The van der Waals surface area contributed by atoms with E-state index in [1.165, 1.54) is 26.5 Å². The van der Waals surface area contributed by atoms with Crippen molar-refractivity contribution in [2.24, 2.45) is 0 Å². The molecule has 2 N–H and O–H groups in total. The van der Waals surface area contributed by atoms with E-state index in [0.29, 0.717) is 17.1 Å². The second-order valence-corrected chi connectivity index (χ2v) is 14.7. The minimum atomic E-state index is -1.30. The van der Waals surface area contributed by atoms with Gasteiger partial charge in [-0.25, -0.2) is 15.0 Å². The lowest BCUT2D eigenvalue weighted by Gasteiger charge is -2.37. The summed E-state index contributed by atoms with van der Waals surface area (Å²) in [5.41, 5.74) is 2.11. The Balaban J connectivity index is 1.19. The average molecular weight is 876 g/mol. The molecular weight excluding hydrogens is 827 g/mol. The molecule has 6 aromatic rings. The molecule has 1 aliphatic heterocycles. The van der Waals surface area contributed by atoms with Crippen LogP contribution in [0.4, 0.5) is 5.82 Å². The third-order valence-corrected chi connectivity index (χ3v) is 10.6. The quantitative estimate of drug-likeness (QED) is 0.0415. The summed E-state index contributed by atoms with van der Waals surface area (Å²) in [7, 11) is 3.20. The second-order valence-electron chi connectivity index (χ2n) is 14.7. The first kappa shape index (κ1) is 45.3. The molecular formula is C47H49N5O12. The van der Waals surface area contributed by atoms with Crippen LogP contribution in [0.1, 0.15) is 53.5 Å². The van der Waals surface area contributed by atoms with Crippen LogP contribution in [0, 0.1) is 0 Å². The Morgan fingerprint density at radius 2 is 1.44 bits per heavy atom. The number of esters is 2. The lowest BCUT2D eigenvalue weighted by atomic mass is 9.80. The number of hydrogen-bond donors (Lipinski definition) is 2. The first-order chi connectivity index (χ1) is 31.1. The molecule has 0 radical (unpaired) electrons. The summed E-state index contributed by atoms with van der Waals surface area (Å²) in [6, 6.07) is 33.5. The van der Waals surface area contributed by atoms with Crippen LogP contribution in [-0.4, -0.2) is 108 Å². The Hall–Kier alpha value is -6.76. The van der Waals surface area contributed by atoms with Gasteiger partial charge in [-0.1, -0.05) is 72.8 Å². The summed E-state index contributed by atoms with van der Waals surface area (Å²) in [5, 5.41) is 15.0. The third kappa shape index (κ3) is 10.4. The van der Waals surface area contributed by atoms with Crippen LogP contribution in [0.25, 0.3) is 11.2 Å². The van der Waals surface area contributed by atoms with Crippen molar-refractivity contribution in [2.75, 3.05) is 46.1 Å². The number of imidazole rings is 1. The molecule has 4 aromatic carbocycles. The first-order valence-electron chi connectivity index (χ1n) is 20.5. The molecule has 0 bridgehead atoms. The molecule has 17 nitrogen and oxygen atoms in total. The van der Waals surface area contributed by atoms with Gasteiger partial charge in [-0.05, 0) is 53.1 Å². The number of fused-ring (bicyclic) bond motifs is 1. The van der Waals surface area contributed by atoms with Gasteiger partial charge in [0.2, 0.25) is 0 Å². The van der Waals surface area contributed by atoms with Crippen molar-refractivity contribution in [3.63, 3.8) is 0 Å². The fourth-order valence-electron chi connectivity index (χ4n) is 7.46. The third-order valence-electron chi connectivity index (χ3n) is 10.6. The molecule has 1 amide bonds. The van der Waals surface area contributed by atoms with E-state index in [1.54, 1.807) is 43.1 Å². The van der Waals surface area contributed by atoms with E-state index in [2.05, 4.69) is 20.3 Å². The van der Waals surface area contributed by atoms with Crippen molar-refractivity contribution in [1.82, 2.24) is 19.5 Å². The molecule has 3 heterocycles. The lowest BCUT2D eigenvalue weighted by Crippen LogP contribution is -2.40. The van der Waals surface area contributed by atoms with Crippen LogP contribution >= 0.6 is 0 Å². The Morgan fingerprint density at radius 1 is 0.812 bits per heavy atom. The highest BCUT2D eigenvalue weighted by Crippen LogP contribution is 2.43. The summed E-state index contributed by atoms with van der Waals surface area (Å²) in [6.07, 6.45) is -2.22. The van der Waals surface area contributed by atoms with Crippen molar-refractivity contribution in [2.45, 2.75) is 56.5 Å². The van der Waals surface area contributed by atoms with E-state index in [1.807, 2.05) is 84.9 Å². The van der Waals surface area contributed by atoms with Crippen LogP contribution in [-0.2, 0) is 43.6 Å². The molecule has 17 heteroatoms. The first-order valence-corrected chi connectivity index (χ1v) is 20.5. The second kappa shape index (κ2) is 21.1. The summed E-state index contributed by atoms with van der Waals surface area (Å²) < 4.78 is 48.8. The number of ether oxygens (including phenoxy) is 8. The van der Waals surface area contributed by atoms with Gasteiger partial charge in [0.1, 0.15) is 61.2 Å². The summed E-state index contributed by atoms with van der Waals surface area (Å²) in [4.78, 5) is 49.6. The molecule has 1 saturated heterocycles. The number of carbonyl (C=O) groups excluding carboxylic acids is 3. The smallest absolute Gasteiger partial charge is 0.303 e. The maximum atomic E-state index is 13.1. The van der Waals surface area contributed by atoms with Crippen LogP contribution < -0.4 is 14.8 Å². The maximum absolute atomic E-state index is 13.1. The van der Waals surface area contributed by atoms with E-state index in [0.717, 1.165) is 16.7 Å². The van der Waals surface area contributed by atoms with Crippen LogP contribution in [0.5, 0.6) is 11.5 Å². The number of carbonyl (C=O) groups is 3. The van der Waals surface area contributed by atoms with Crippen LogP contribution in [0.3, 0.4) is 0 Å². The zero-order valence-electron chi connectivity index (χ0n) is 35.7. The predicted octanol–water partition coefficient (Wildman–Crippen LogP) is 5.61. The van der Waals surface area contributed by atoms with Gasteiger partial charge in [0.25, 0.3) is 5.91 Å². The fourth-order valence-corrected chi connectivity index (χ4v) is 7.46. The molecule has 334 valence electrons. The van der Waals surface area contributed by atoms with Crippen LogP contribution in [0.2, 0.25) is 0 Å². The largest absolute Gasteiger partial charge is 0.497 e. The monoisotopic (exact) mass is 875 g/mol. The molecule has 5 atom stereocenters. The fraction of sp³-hybridized carbons (Fsp3) is 0.319. The van der Waals surface area contributed by atoms with Crippen molar-refractivity contribution in [3.05, 3.63) is 144 Å². The number of hydrogen-bond acceptors (Lipinski definition) is 15. The van der Waals surface area contributed by atoms with Gasteiger partial charge in [-0.2, -0.15) is 0 Å². The summed E-state index contributed by atoms with van der Waals surface area (Å²) in [6.45, 7) is 1.96. The number of rotatable bonds is 20. The lowest BCUT2D eigenvalue weighted by molar-refractivity contribution is -0.160. The number of benzene rings is 4. The number of aliphatic hydroxyl groups is 1. The van der Waals surface area contributed by atoms with E-state index >= 15 is 0 Å². The SMILES string of the molecule is COc1ccc(C(OC[C@H]2O[C@@H](n3cnc4c(NC(=O)c5ccccc5)ncnc43)[C@@H](OCOCCC(COC(C)=O)OC(C)=O)C2O)(c2ccccc2)c2ccc(OC)cc2)cc1. The number of aliphatic hydroxyl groups excluding tert-OH is 1. The Morgan fingerprint density at radius 3 is 2.05 bits per heavy atom. The predicted molar refractivity (Wildman–Crippen MR) is 230 cm³/mol. The highest BCUT2D eigenvalue weighted by molar-refractivity contribution is 6.06. The molecule has 7 rings (SSSR count). The van der Waals surface area contributed by atoms with E-state index < -0.39 is 54.1 Å². The van der Waals surface area contributed by atoms with Crippen molar-refractivity contribution >= 4 is 34.8 Å². The van der Waals surface area contributed by atoms with Gasteiger partial charge in [0, 0.05) is 25.8 Å². The molecule has 2 aromatic heterocycles. The Labute approximate surface area is 369 Å². The van der Waals surface area contributed by atoms with Crippen molar-refractivity contribution in [3.8, 4) is 11.5 Å². The van der Waals surface area contributed by atoms with Gasteiger partial charge in [-0.3, -0.25) is 19.0 Å². The summed E-state index contributed by atoms with van der Waals surface area (Å²) >= 11 is 0. The van der Waals surface area contributed by atoms with Crippen LogP contribution in [0.15, 0.2) is 122 Å². The van der Waals surface area contributed by atoms with E-state index in [9.17, 15) is 19.5 Å². The topological polar surface area (TPSA) is 201 Å². The molecule has 1 aliphatic rings. The number of nitrogens with one attached hydrogen (secondary N) is 1. The molecule has 64 heavy (non-hydrogen) atoms. The van der Waals surface area contributed by atoms with Gasteiger partial charge in [0.15, 0.2) is 23.2 Å². The minimum absolute atomic E-state index is 0.0507. The number of amides is 1. The minimum Gasteiger partial charge on any atom is -0.497 e. The highest BCUT2D eigenvalue weighted by Gasteiger charge is 2.48. The van der Waals surface area contributed by atoms with Gasteiger partial charge in [0.05, 0.1) is 33.8 Å². The number of aromatic nitrogens is 4. The van der Waals surface area contributed by atoms with E-state index in [-0.39, 0.29) is 50.0 Å². The average Bonchev–Trinajstić information content (AvgIpc) is 3.89. The van der Waals surface area contributed by atoms with Gasteiger partial charge in [-0.15, -0.1) is 0 Å². The van der Waals surface area contributed by atoms with Crippen molar-refractivity contribution in [1.29, 1.82) is 0 Å². The molecule has 0 saturated carbocycles. The highest BCUT2D eigenvalue weighted by atomic mass is 16.7. The number of methoxy groups -OCH3 is 2. The zero-order chi connectivity index (χ0) is 45.1. The standard InChI is InChI=1S/C47H49N5O12/c1-30(53)60-25-38(63-31(2)54)23-24-59-29-61-42-41(55)39(64-46(42)52-28-50-40-43(48-27-49-44(40)52)51-45(56)32-11-7-5-8-12-32)26-62-47(33-13-9-6-10-14-33,34-15-19-36(57-3)20-16-34)35-17-21-37(58-4)22-18-35/h5-22,27-28,38-39,41-42,46,55H,23-26,29H2,1-4H3,(H,48,49,51,56)/t38?,39-,41?,42+,46-/m1/s1. The zero-order valence-corrected chi connectivity index (χ0v) is 35.7.